The first-order chi connectivity index (χ1) is 16.9. The summed E-state index contributed by atoms with van der Waals surface area (Å²) in [6, 6.07) is 10.3. The fraction of sp³-hybridized carbons (Fsp3) is 0.333. The number of halogens is 1. The molecule has 2 aliphatic rings. The van der Waals surface area contributed by atoms with E-state index in [-0.39, 0.29) is 29.4 Å². The van der Waals surface area contributed by atoms with Gasteiger partial charge >= 0.3 is 5.97 Å². The van der Waals surface area contributed by atoms with Crippen molar-refractivity contribution < 1.29 is 28.3 Å². The largest absolute Gasteiger partial charge is 0.454 e. The number of carbonyl (C=O) groups excluding carboxylic acids is 4. The van der Waals surface area contributed by atoms with Gasteiger partial charge in [-0.2, -0.15) is 0 Å². The summed E-state index contributed by atoms with van der Waals surface area (Å²) in [6.07, 6.45) is 7.87. The first-order valence-corrected chi connectivity index (χ1v) is 11.8. The van der Waals surface area contributed by atoms with Gasteiger partial charge in [0.2, 0.25) is 5.91 Å². The monoisotopic (exact) mass is 478 g/mol. The molecule has 0 aromatic heterocycles. The van der Waals surface area contributed by atoms with Gasteiger partial charge in [0, 0.05) is 5.56 Å². The third-order valence-electron chi connectivity index (χ3n) is 6.23. The number of hydrogen-bond acceptors (Lipinski definition) is 6. The van der Waals surface area contributed by atoms with E-state index in [4.69, 9.17) is 4.74 Å². The Bertz CT molecular complexity index is 1140. The van der Waals surface area contributed by atoms with E-state index in [0.29, 0.717) is 12.2 Å². The van der Waals surface area contributed by atoms with Crippen molar-refractivity contribution in [1.82, 2.24) is 5.32 Å². The second-order valence-electron chi connectivity index (χ2n) is 8.69. The van der Waals surface area contributed by atoms with Crippen LogP contribution < -0.4 is 10.2 Å². The highest BCUT2D eigenvalue weighted by atomic mass is 19.1. The summed E-state index contributed by atoms with van der Waals surface area (Å²) in [6.45, 7) is 0.157. The lowest BCUT2D eigenvalue weighted by Gasteiger charge is -2.17. The number of anilines is 1. The van der Waals surface area contributed by atoms with Gasteiger partial charge in [-0.25, -0.2) is 14.1 Å². The lowest BCUT2D eigenvalue weighted by Crippen LogP contribution is -2.39. The summed E-state index contributed by atoms with van der Waals surface area (Å²) in [4.78, 5) is 50.9. The zero-order chi connectivity index (χ0) is 24.8. The zero-order valence-electron chi connectivity index (χ0n) is 19.3. The maximum atomic E-state index is 13.0. The number of esters is 1. The lowest BCUT2D eigenvalue weighted by molar-refractivity contribution is -0.121. The van der Waals surface area contributed by atoms with Crippen molar-refractivity contribution in [3.63, 3.8) is 0 Å². The average molecular weight is 479 g/mol. The molecule has 1 fully saturated rings. The predicted octanol–water partition coefficient (Wildman–Crippen LogP) is 3.98. The first kappa shape index (κ1) is 24.5. The smallest absolute Gasteiger partial charge is 0.338 e. The third kappa shape index (κ3) is 6.08. The highest BCUT2D eigenvalue weighted by Gasteiger charge is 2.39. The Morgan fingerprint density at radius 2 is 1.71 bits per heavy atom. The Morgan fingerprint density at radius 1 is 1.00 bits per heavy atom. The molecule has 0 saturated carbocycles. The SMILES string of the molecule is O=C(COC(=O)c1ccc(N2C(=O)CC(NCCC3=CCCCC3)C2=O)cc1)c1ccc(F)cc1. The van der Waals surface area contributed by atoms with Crippen LogP contribution in [0.15, 0.2) is 60.2 Å². The highest BCUT2D eigenvalue weighted by Crippen LogP contribution is 2.24. The van der Waals surface area contributed by atoms with Crippen molar-refractivity contribution in [2.24, 2.45) is 0 Å². The third-order valence-corrected chi connectivity index (χ3v) is 6.23. The summed E-state index contributed by atoms with van der Waals surface area (Å²) in [5.74, 6) is -2.26. The Morgan fingerprint density at radius 3 is 2.40 bits per heavy atom. The molecule has 2 aromatic carbocycles. The molecule has 1 aliphatic heterocycles. The van der Waals surface area contributed by atoms with Crippen LogP contribution in [-0.2, 0) is 14.3 Å². The van der Waals surface area contributed by atoms with Crippen molar-refractivity contribution in [3.8, 4) is 0 Å². The van der Waals surface area contributed by atoms with Crippen molar-refractivity contribution in [2.45, 2.75) is 44.6 Å². The maximum Gasteiger partial charge on any atom is 0.338 e. The molecule has 182 valence electrons. The van der Waals surface area contributed by atoms with Crippen molar-refractivity contribution in [3.05, 3.63) is 77.1 Å². The highest BCUT2D eigenvalue weighted by molar-refractivity contribution is 6.22. The Kier molecular flexibility index (Phi) is 7.82. The minimum absolute atomic E-state index is 0.0904. The molecule has 2 aromatic rings. The molecule has 1 heterocycles. The van der Waals surface area contributed by atoms with Gasteiger partial charge < -0.3 is 10.1 Å². The van der Waals surface area contributed by atoms with E-state index in [9.17, 15) is 23.6 Å². The number of nitrogens with one attached hydrogen (secondary N) is 1. The van der Waals surface area contributed by atoms with Gasteiger partial charge in [0.1, 0.15) is 5.82 Å². The van der Waals surface area contributed by atoms with E-state index in [1.807, 2.05) is 0 Å². The van der Waals surface area contributed by atoms with E-state index in [0.717, 1.165) is 36.3 Å². The van der Waals surface area contributed by atoms with Crippen LogP contribution in [0.3, 0.4) is 0 Å². The summed E-state index contributed by atoms with van der Waals surface area (Å²) in [5.41, 5.74) is 2.19. The van der Waals surface area contributed by atoms with Gasteiger partial charge in [-0.15, -0.1) is 0 Å². The molecule has 1 saturated heterocycles. The molecular formula is C27H27FN2O5. The molecule has 0 radical (unpaired) electrons. The van der Waals surface area contributed by atoms with Crippen LogP contribution in [-0.4, -0.2) is 42.8 Å². The summed E-state index contributed by atoms with van der Waals surface area (Å²) in [5, 5.41) is 3.20. The Hall–Kier alpha value is -3.65. The molecule has 4 rings (SSSR count). The van der Waals surface area contributed by atoms with E-state index < -0.39 is 30.2 Å². The van der Waals surface area contributed by atoms with E-state index in [1.165, 1.54) is 54.8 Å². The summed E-state index contributed by atoms with van der Waals surface area (Å²) < 4.78 is 18.0. The maximum absolute atomic E-state index is 13.0. The standard InChI is InChI=1S/C27H27FN2O5/c28-21-10-6-19(7-11-21)24(31)17-35-27(34)20-8-12-22(13-9-20)30-25(32)16-23(26(30)33)29-15-14-18-4-2-1-3-5-18/h4,6-13,23,29H,1-3,5,14-17H2. The molecule has 0 bridgehead atoms. The van der Waals surface area contributed by atoms with Gasteiger partial charge in [-0.3, -0.25) is 14.4 Å². The molecule has 1 aliphatic carbocycles. The second-order valence-corrected chi connectivity index (χ2v) is 8.69. The minimum atomic E-state index is -0.720. The van der Waals surface area contributed by atoms with Crippen LogP contribution in [0, 0.1) is 5.82 Å². The molecule has 2 amide bonds. The number of Topliss-reactive ketones (excluding diaryl/α,β-unsaturated/α-hetero) is 1. The molecule has 8 heteroatoms. The number of ketones is 1. The van der Waals surface area contributed by atoms with Crippen molar-refractivity contribution in [2.75, 3.05) is 18.1 Å². The molecule has 35 heavy (non-hydrogen) atoms. The fourth-order valence-electron chi connectivity index (χ4n) is 4.28. The van der Waals surface area contributed by atoms with Gasteiger partial charge in [0.25, 0.3) is 5.91 Å². The van der Waals surface area contributed by atoms with Gasteiger partial charge in [0.15, 0.2) is 12.4 Å². The number of amides is 2. The minimum Gasteiger partial charge on any atom is -0.454 e. The molecule has 1 unspecified atom stereocenters. The quantitative estimate of drug-likeness (QED) is 0.254. The van der Waals surface area contributed by atoms with E-state index >= 15 is 0 Å². The van der Waals surface area contributed by atoms with Gasteiger partial charge in [-0.05, 0) is 87.2 Å². The van der Waals surface area contributed by atoms with Gasteiger partial charge in [-0.1, -0.05) is 11.6 Å². The predicted molar refractivity (Wildman–Crippen MR) is 128 cm³/mol. The van der Waals surface area contributed by atoms with Gasteiger partial charge in [0.05, 0.1) is 23.7 Å². The molecule has 1 N–H and O–H groups in total. The van der Waals surface area contributed by atoms with E-state index in [1.54, 1.807) is 0 Å². The van der Waals surface area contributed by atoms with Crippen LogP contribution in [0.2, 0.25) is 0 Å². The number of allylic oxidation sites excluding steroid dienone is 1. The second kappa shape index (κ2) is 11.2. The lowest BCUT2D eigenvalue weighted by atomic mass is 9.97. The fourth-order valence-corrected chi connectivity index (χ4v) is 4.28. The van der Waals surface area contributed by atoms with Crippen LogP contribution in [0.1, 0.15) is 59.2 Å². The zero-order valence-corrected chi connectivity index (χ0v) is 19.3. The summed E-state index contributed by atoms with van der Waals surface area (Å²) in [7, 11) is 0. The molecule has 7 nitrogen and oxygen atoms in total. The number of nitrogens with zero attached hydrogens (tertiary/aromatic N) is 1. The number of imide groups is 1. The topological polar surface area (TPSA) is 92.8 Å². The molecule has 0 spiro atoms. The normalized spacial score (nSPS) is 17.9. The molecule has 1 atom stereocenters. The molecular weight excluding hydrogens is 451 g/mol. The van der Waals surface area contributed by atoms with E-state index in [2.05, 4.69) is 11.4 Å². The van der Waals surface area contributed by atoms with Crippen LogP contribution in [0.5, 0.6) is 0 Å². The van der Waals surface area contributed by atoms with Crippen molar-refractivity contribution >= 4 is 29.3 Å². The van der Waals surface area contributed by atoms with Crippen molar-refractivity contribution in [1.29, 1.82) is 0 Å². The Balaban J connectivity index is 1.30. The number of benzene rings is 2. The Labute approximate surface area is 202 Å². The van der Waals surface area contributed by atoms with Crippen LogP contribution in [0.4, 0.5) is 10.1 Å². The van der Waals surface area contributed by atoms with Crippen LogP contribution in [0.25, 0.3) is 0 Å². The number of hydrogen-bond donors (Lipinski definition) is 1. The first-order valence-electron chi connectivity index (χ1n) is 11.8. The summed E-state index contributed by atoms with van der Waals surface area (Å²) >= 11 is 0. The average Bonchev–Trinajstić information content (AvgIpc) is 3.16. The number of rotatable bonds is 9. The number of carbonyl (C=O) groups is 4. The number of ether oxygens (including phenoxy) is 1. The van der Waals surface area contributed by atoms with Crippen LogP contribution >= 0.6 is 0 Å².